The van der Waals surface area contributed by atoms with Crippen LogP contribution in [0.4, 0.5) is 24.9 Å². The highest BCUT2D eigenvalue weighted by Crippen LogP contribution is 2.29. The van der Waals surface area contributed by atoms with Crippen LogP contribution in [-0.2, 0) is 6.18 Å². The lowest BCUT2D eigenvalue weighted by atomic mass is 10.3. The molecule has 0 unspecified atom stereocenters. The summed E-state index contributed by atoms with van der Waals surface area (Å²) in [6, 6.07) is 0.903. The lowest BCUT2D eigenvalue weighted by Crippen LogP contribution is -2.22. The Morgan fingerprint density at radius 3 is 2.42 bits per heavy atom. The normalized spacial score (nSPS) is 11.7. The minimum absolute atomic E-state index is 0.0207. The zero-order valence-corrected chi connectivity index (χ0v) is 11.2. The average Bonchev–Trinajstić information content (AvgIpc) is 2.27. The minimum atomic E-state index is -4.48. The number of halogens is 3. The first kappa shape index (κ1) is 15.5. The summed E-state index contributed by atoms with van der Waals surface area (Å²) in [5.41, 5.74) is -0.953. The molecule has 0 atom stereocenters. The summed E-state index contributed by atoms with van der Waals surface area (Å²) in [5.74, 6) is 0.143. The number of likely N-dealkylation sites (N-methyl/N-ethyl adjacent to an activating group) is 1. The van der Waals surface area contributed by atoms with E-state index < -0.39 is 11.9 Å². The highest BCUT2D eigenvalue weighted by atomic mass is 19.4. The molecule has 1 aromatic heterocycles. The summed E-state index contributed by atoms with van der Waals surface area (Å²) < 4.78 is 38.1. The summed E-state index contributed by atoms with van der Waals surface area (Å²) in [6.07, 6.45) is -4.48. The molecule has 1 aromatic rings. The van der Waals surface area contributed by atoms with E-state index in [2.05, 4.69) is 20.6 Å². The molecular formula is C11H18F3N5. The Morgan fingerprint density at radius 2 is 1.89 bits per heavy atom. The fourth-order valence-electron chi connectivity index (χ4n) is 1.33. The molecular weight excluding hydrogens is 259 g/mol. The monoisotopic (exact) mass is 277 g/mol. The van der Waals surface area contributed by atoms with Gasteiger partial charge in [0.25, 0.3) is 0 Å². The first-order chi connectivity index (χ1) is 8.82. The molecule has 2 N–H and O–H groups in total. The van der Waals surface area contributed by atoms with E-state index >= 15 is 0 Å². The van der Waals surface area contributed by atoms with Crippen molar-refractivity contribution in [2.45, 2.75) is 13.1 Å². The topological polar surface area (TPSA) is 53.1 Å². The summed E-state index contributed by atoms with van der Waals surface area (Å²) in [7, 11) is 3.75. The molecule has 108 valence electrons. The fraction of sp³-hybridized carbons (Fsp3) is 0.636. The van der Waals surface area contributed by atoms with Crippen LogP contribution in [-0.4, -0.2) is 48.6 Å². The summed E-state index contributed by atoms with van der Waals surface area (Å²) >= 11 is 0. The van der Waals surface area contributed by atoms with Gasteiger partial charge in [-0.05, 0) is 21.0 Å². The first-order valence-corrected chi connectivity index (χ1v) is 5.91. The van der Waals surface area contributed by atoms with Crippen LogP contribution in [0.5, 0.6) is 0 Å². The minimum Gasteiger partial charge on any atom is -0.370 e. The number of alkyl halides is 3. The van der Waals surface area contributed by atoms with Gasteiger partial charge in [-0.3, -0.25) is 0 Å². The highest BCUT2D eigenvalue weighted by Gasteiger charge is 2.33. The molecule has 1 rings (SSSR count). The smallest absolute Gasteiger partial charge is 0.370 e. The quantitative estimate of drug-likeness (QED) is 0.832. The highest BCUT2D eigenvalue weighted by molar-refractivity contribution is 5.43. The van der Waals surface area contributed by atoms with Crippen LogP contribution in [0, 0.1) is 0 Å². The molecule has 1 heterocycles. The molecule has 0 aromatic carbocycles. The molecule has 0 fully saturated rings. The van der Waals surface area contributed by atoms with Crippen LogP contribution >= 0.6 is 0 Å². The molecule has 0 aliphatic rings. The molecule has 0 saturated heterocycles. The number of nitrogens with one attached hydrogen (secondary N) is 2. The van der Waals surface area contributed by atoms with E-state index in [0.29, 0.717) is 19.6 Å². The second kappa shape index (κ2) is 6.55. The molecule has 8 heteroatoms. The van der Waals surface area contributed by atoms with Crippen molar-refractivity contribution in [3.8, 4) is 0 Å². The van der Waals surface area contributed by atoms with Gasteiger partial charge >= 0.3 is 6.18 Å². The van der Waals surface area contributed by atoms with E-state index in [4.69, 9.17) is 0 Å². The van der Waals surface area contributed by atoms with Crippen molar-refractivity contribution < 1.29 is 13.2 Å². The number of nitrogens with zero attached hydrogens (tertiary/aromatic N) is 3. The molecule has 0 bridgehead atoms. The third-order valence-electron chi connectivity index (χ3n) is 2.22. The van der Waals surface area contributed by atoms with E-state index in [0.717, 1.165) is 6.07 Å². The summed E-state index contributed by atoms with van der Waals surface area (Å²) in [4.78, 5) is 9.37. The second-order valence-electron chi connectivity index (χ2n) is 4.22. The van der Waals surface area contributed by atoms with Gasteiger partial charge in [-0.15, -0.1) is 0 Å². The Bertz CT molecular complexity index is 406. The summed E-state index contributed by atoms with van der Waals surface area (Å²) in [5, 5.41) is 5.54. The van der Waals surface area contributed by atoms with Crippen LogP contribution < -0.4 is 10.6 Å². The van der Waals surface area contributed by atoms with Crippen molar-refractivity contribution in [2.24, 2.45) is 0 Å². The van der Waals surface area contributed by atoms with Gasteiger partial charge in [0, 0.05) is 25.7 Å². The van der Waals surface area contributed by atoms with Crippen molar-refractivity contribution in [1.82, 2.24) is 14.9 Å². The average molecular weight is 277 g/mol. The second-order valence-corrected chi connectivity index (χ2v) is 4.22. The van der Waals surface area contributed by atoms with Gasteiger partial charge in [-0.2, -0.15) is 18.2 Å². The van der Waals surface area contributed by atoms with Crippen LogP contribution in [0.1, 0.15) is 12.6 Å². The standard InChI is InChI=1S/C11H18F3N5/c1-4-15-9-7-8(11(12,13)14)17-10(18-9)16-5-6-19(2)3/h7H,4-6H2,1-3H3,(H2,15,16,17,18). The zero-order valence-electron chi connectivity index (χ0n) is 11.2. The summed E-state index contributed by atoms with van der Waals surface area (Å²) in [6.45, 7) is 3.43. The number of rotatable bonds is 6. The Hall–Kier alpha value is -1.57. The third-order valence-corrected chi connectivity index (χ3v) is 2.22. The maximum Gasteiger partial charge on any atom is 0.433 e. The zero-order chi connectivity index (χ0) is 14.5. The molecule has 0 amide bonds. The Morgan fingerprint density at radius 1 is 1.21 bits per heavy atom. The third kappa shape index (κ3) is 5.29. The van der Waals surface area contributed by atoms with Gasteiger partial charge in [0.05, 0.1) is 0 Å². The van der Waals surface area contributed by atoms with E-state index in [9.17, 15) is 13.2 Å². The van der Waals surface area contributed by atoms with Gasteiger partial charge in [0.1, 0.15) is 5.82 Å². The fourth-order valence-corrected chi connectivity index (χ4v) is 1.33. The van der Waals surface area contributed by atoms with Crippen LogP contribution in [0.3, 0.4) is 0 Å². The van der Waals surface area contributed by atoms with Crippen molar-refractivity contribution in [3.63, 3.8) is 0 Å². The Labute approximate surface area is 110 Å². The van der Waals surface area contributed by atoms with Crippen molar-refractivity contribution in [1.29, 1.82) is 0 Å². The van der Waals surface area contributed by atoms with Crippen molar-refractivity contribution in [2.75, 3.05) is 44.4 Å². The van der Waals surface area contributed by atoms with Crippen LogP contribution in [0.2, 0.25) is 0 Å². The molecule has 0 aliphatic carbocycles. The van der Waals surface area contributed by atoms with Crippen LogP contribution in [0.25, 0.3) is 0 Å². The number of aromatic nitrogens is 2. The lowest BCUT2D eigenvalue weighted by molar-refractivity contribution is -0.141. The molecule has 0 aliphatic heterocycles. The molecule has 5 nitrogen and oxygen atoms in total. The molecule has 19 heavy (non-hydrogen) atoms. The number of hydrogen-bond acceptors (Lipinski definition) is 5. The van der Waals surface area contributed by atoms with E-state index in [1.165, 1.54) is 0 Å². The van der Waals surface area contributed by atoms with Crippen molar-refractivity contribution in [3.05, 3.63) is 11.8 Å². The van der Waals surface area contributed by atoms with Gasteiger partial charge in [-0.25, -0.2) is 4.98 Å². The number of anilines is 2. The van der Waals surface area contributed by atoms with Crippen LogP contribution in [0.15, 0.2) is 6.07 Å². The largest absolute Gasteiger partial charge is 0.433 e. The SMILES string of the molecule is CCNc1cc(C(F)(F)F)nc(NCCN(C)C)n1. The number of hydrogen-bond donors (Lipinski definition) is 2. The predicted octanol–water partition coefficient (Wildman–Crippen LogP) is 1.90. The molecule has 0 spiro atoms. The van der Waals surface area contributed by atoms with E-state index in [-0.39, 0.29) is 11.8 Å². The van der Waals surface area contributed by atoms with Gasteiger partial charge in [0.2, 0.25) is 5.95 Å². The predicted molar refractivity (Wildman–Crippen MR) is 68.2 cm³/mol. The Kier molecular flexibility index (Phi) is 5.34. The van der Waals surface area contributed by atoms with E-state index in [1.807, 2.05) is 19.0 Å². The Balaban J connectivity index is 2.87. The maximum absolute atomic E-state index is 12.7. The molecule has 0 radical (unpaired) electrons. The van der Waals surface area contributed by atoms with E-state index in [1.54, 1.807) is 6.92 Å². The van der Waals surface area contributed by atoms with Gasteiger partial charge in [-0.1, -0.05) is 0 Å². The van der Waals surface area contributed by atoms with Gasteiger partial charge < -0.3 is 15.5 Å². The first-order valence-electron chi connectivity index (χ1n) is 5.91. The maximum atomic E-state index is 12.7. The van der Waals surface area contributed by atoms with Crippen molar-refractivity contribution >= 4 is 11.8 Å². The molecule has 0 saturated carbocycles. The van der Waals surface area contributed by atoms with Gasteiger partial charge in [0.15, 0.2) is 5.69 Å². The lowest BCUT2D eigenvalue weighted by Gasteiger charge is -2.13.